The van der Waals surface area contributed by atoms with Crippen molar-refractivity contribution >= 4 is 27.6 Å². The number of methoxy groups -OCH3 is 1. The van der Waals surface area contributed by atoms with Crippen molar-refractivity contribution in [3.8, 4) is 22.8 Å². The molecule has 1 atom stereocenters. The number of imidazole rings is 1. The van der Waals surface area contributed by atoms with E-state index in [2.05, 4.69) is 4.98 Å². The van der Waals surface area contributed by atoms with Crippen LogP contribution in [0.1, 0.15) is 5.69 Å². The monoisotopic (exact) mass is 443 g/mol. The van der Waals surface area contributed by atoms with Crippen LogP contribution in [-0.2, 0) is 17.0 Å². The van der Waals surface area contributed by atoms with E-state index in [4.69, 9.17) is 22.1 Å². The normalized spacial score (nSPS) is 12.6. The van der Waals surface area contributed by atoms with Gasteiger partial charge in [-0.05, 0) is 42.5 Å². The molecular formula is C18H13ClF3N3O3S. The minimum absolute atomic E-state index is 0.00866. The number of primary amides is 1. The lowest BCUT2D eigenvalue weighted by molar-refractivity contribution is -0.140. The molecule has 0 bridgehead atoms. The van der Waals surface area contributed by atoms with Gasteiger partial charge < -0.3 is 10.5 Å². The van der Waals surface area contributed by atoms with Gasteiger partial charge in [0.05, 0.1) is 12.1 Å². The number of nitrogens with zero attached hydrogens (tertiary/aromatic N) is 2. The molecule has 0 spiro atoms. The zero-order chi connectivity index (χ0) is 21.3. The molecule has 0 radical (unpaired) electrons. The van der Waals surface area contributed by atoms with Crippen LogP contribution in [0.4, 0.5) is 18.0 Å². The summed E-state index contributed by atoms with van der Waals surface area (Å²) in [6.45, 7) is 0. The van der Waals surface area contributed by atoms with Gasteiger partial charge in [0.1, 0.15) is 22.4 Å². The fourth-order valence-electron chi connectivity index (χ4n) is 2.57. The molecule has 2 aromatic carbocycles. The molecule has 0 aliphatic rings. The Kier molecular flexibility index (Phi) is 5.67. The van der Waals surface area contributed by atoms with Crippen molar-refractivity contribution in [1.29, 1.82) is 0 Å². The number of hydrogen-bond donors (Lipinski definition) is 1. The molecule has 11 heteroatoms. The smallest absolute Gasteiger partial charge is 0.434 e. The number of nitrogens with two attached hydrogens (primary N) is 1. The Morgan fingerprint density at radius 1 is 1.21 bits per heavy atom. The first kappa shape index (κ1) is 20.9. The predicted octanol–water partition coefficient (Wildman–Crippen LogP) is 4.41. The van der Waals surface area contributed by atoms with Gasteiger partial charge in [-0.2, -0.15) is 13.2 Å². The summed E-state index contributed by atoms with van der Waals surface area (Å²) in [7, 11) is -0.636. The summed E-state index contributed by atoms with van der Waals surface area (Å²) < 4.78 is 57.8. The number of halogens is 4. The summed E-state index contributed by atoms with van der Waals surface area (Å²) in [4.78, 5) is 14.9. The number of aromatic nitrogens is 2. The first-order chi connectivity index (χ1) is 13.6. The molecule has 1 aromatic heterocycles. The van der Waals surface area contributed by atoms with Gasteiger partial charge in [0.15, 0.2) is 5.69 Å². The Morgan fingerprint density at radius 2 is 1.86 bits per heavy atom. The highest BCUT2D eigenvalue weighted by Gasteiger charge is 2.35. The first-order valence-corrected chi connectivity index (χ1v) is 9.46. The second-order valence-electron chi connectivity index (χ2n) is 5.75. The van der Waals surface area contributed by atoms with Gasteiger partial charge in [-0.3, -0.25) is 9.36 Å². The molecule has 0 saturated heterocycles. The number of alkyl halides is 3. The van der Waals surface area contributed by atoms with Crippen LogP contribution in [0.25, 0.3) is 17.1 Å². The van der Waals surface area contributed by atoms with Crippen molar-refractivity contribution in [3.05, 3.63) is 59.4 Å². The molecule has 3 rings (SSSR count). The van der Waals surface area contributed by atoms with Gasteiger partial charge in [0, 0.05) is 22.3 Å². The molecule has 1 amide bonds. The second kappa shape index (κ2) is 7.88. The third-order valence-electron chi connectivity index (χ3n) is 3.92. The maximum absolute atomic E-state index is 13.3. The predicted molar refractivity (Wildman–Crippen MR) is 102 cm³/mol. The highest BCUT2D eigenvalue weighted by molar-refractivity contribution is 8.00. The third-order valence-corrected chi connectivity index (χ3v) is 5.28. The van der Waals surface area contributed by atoms with Crippen molar-refractivity contribution in [3.63, 3.8) is 0 Å². The summed E-state index contributed by atoms with van der Waals surface area (Å²) in [6, 6.07) is 9.99. The second-order valence-corrected chi connectivity index (χ2v) is 7.57. The summed E-state index contributed by atoms with van der Waals surface area (Å²) in [6.07, 6.45) is -3.82. The lowest BCUT2D eigenvalue weighted by Gasteiger charge is -2.10. The van der Waals surface area contributed by atoms with Crippen LogP contribution in [0, 0.1) is 0 Å². The maximum Gasteiger partial charge on any atom is 0.434 e. The molecule has 6 nitrogen and oxygen atoms in total. The maximum atomic E-state index is 13.3. The molecule has 3 aromatic rings. The van der Waals surface area contributed by atoms with E-state index in [0.717, 1.165) is 6.20 Å². The standard InChI is InChI=1S/C18H13ClF3N3O3S/c1-28-14-7-2-10(8-13(14)19)16-24-15(18(20,21)22)9-25(16)11-3-5-12(6-4-11)29(27)17(23)26/h2-9H,1H3,(H2,23,26). The third kappa shape index (κ3) is 4.28. The van der Waals surface area contributed by atoms with Crippen LogP contribution in [-0.4, -0.2) is 26.1 Å². The van der Waals surface area contributed by atoms with Crippen molar-refractivity contribution < 1.29 is 26.9 Å². The van der Waals surface area contributed by atoms with E-state index in [1.165, 1.54) is 54.1 Å². The summed E-state index contributed by atoms with van der Waals surface area (Å²) in [5.41, 5.74) is 4.55. The van der Waals surface area contributed by atoms with Crippen molar-refractivity contribution in [1.82, 2.24) is 9.55 Å². The Balaban J connectivity index is 2.13. The Bertz CT molecular complexity index is 1100. The van der Waals surface area contributed by atoms with Crippen LogP contribution in [0.2, 0.25) is 5.02 Å². The van der Waals surface area contributed by atoms with Gasteiger partial charge in [-0.15, -0.1) is 0 Å². The molecule has 1 heterocycles. The molecular weight excluding hydrogens is 431 g/mol. The molecule has 0 aliphatic heterocycles. The van der Waals surface area contributed by atoms with Crippen LogP contribution in [0.3, 0.4) is 0 Å². The largest absolute Gasteiger partial charge is 0.495 e. The SMILES string of the molecule is COc1ccc(-c2nc(C(F)(F)F)cn2-c2ccc(S(=O)C(N)=O)cc2)cc1Cl. The van der Waals surface area contributed by atoms with Crippen molar-refractivity contribution in [2.24, 2.45) is 5.73 Å². The molecule has 1 unspecified atom stereocenters. The van der Waals surface area contributed by atoms with Crippen LogP contribution in [0.15, 0.2) is 53.6 Å². The fourth-order valence-corrected chi connectivity index (χ4v) is 3.44. The number of benzene rings is 2. The topological polar surface area (TPSA) is 87.2 Å². The Morgan fingerprint density at radius 3 is 2.38 bits per heavy atom. The van der Waals surface area contributed by atoms with Gasteiger partial charge in [0.25, 0.3) is 0 Å². The van der Waals surface area contributed by atoms with E-state index in [1.807, 2.05) is 0 Å². The molecule has 2 N–H and O–H groups in total. The summed E-state index contributed by atoms with van der Waals surface area (Å²) in [5.74, 6) is 0.355. The lowest BCUT2D eigenvalue weighted by atomic mass is 10.2. The molecule has 0 saturated carbocycles. The van der Waals surface area contributed by atoms with E-state index >= 15 is 0 Å². The van der Waals surface area contributed by atoms with Gasteiger partial charge >= 0.3 is 11.4 Å². The zero-order valence-corrected chi connectivity index (χ0v) is 16.3. The summed E-state index contributed by atoms with van der Waals surface area (Å²) >= 11 is 6.10. The Hall–Kier alpha value is -2.85. The van der Waals surface area contributed by atoms with Crippen molar-refractivity contribution in [2.75, 3.05) is 7.11 Å². The lowest BCUT2D eigenvalue weighted by Crippen LogP contribution is -2.15. The number of ether oxygens (including phenoxy) is 1. The first-order valence-electron chi connectivity index (χ1n) is 7.94. The van der Waals surface area contributed by atoms with Crippen LogP contribution < -0.4 is 10.5 Å². The number of amides is 1. The molecule has 29 heavy (non-hydrogen) atoms. The van der Waals surface area contributed by atoms with Crippen molar-refractivity contribution in [2.45, 2.75) is 11.1 Å². The minimum atomic E-state index is -4.66. The van der Waals surface area contributed by atoms with E-state index in [9.17, 15) is 22.2 Å². The average Bonchev–Trinajstić information content (AvgIpc) is 3.13. The van der Waals surface area contributed by atoms with E-state index < -0.39 is 27.9 Å². The quantitative estimate of drug-likeness (QED) is 0.647. The fraction of sp³-hybridized carbons (Fsp3) is 0.111. The summed E-state index contributed by atoms with van der Waals surface area (Å²) in [5, 5.41) is -0.811. The van der Waals surface area contributed by atoms with Gasteiger partial charge in [-0.1, -0.05) is 11.6 Å². The molecule has 0 aliphatic carbocycles. The highest BCUT2D eigenvalue weighted by Crippen LogP contribution is 2.35. The molecule has 0 fully saturated rings. The Labute approximate surface area is 170 Å². The number of hydrogen-bond acceptors (Lipinski definition) is 4. The van der Waals surface area contributed by atoms with E-state index in [1.54, 1.807) is 0 Å². The van der Waals surface area contributed by atoms with E-state index in [0.29, 0.717) is 17.0 Å². The van der Waals surface area contributed by atoms with Gasteiger partial charge in [-0.25, -0.2) is 9.19 Å². The number of carbonyl (C=O) groups excluding carboxylic acids is 1. The van der Waals surface area contributed by atoms with E-state index in [-0.39, 0.29) is 15.7 Å². The van der Waals surface area contributed by atoms with Gasteiger partial charge in [0.2, 0.25) is 0 Å². The number of carbonyl (C=O) groups is 1. The van der Waals surface area contributed by atoms with Crippen LogP contribution >= 0.6 is 11.6 Å². The van der Waals surface area contributed by atoms with Crippen LogP contribution in [0.5, 0.6) is 5.75 Å². The minimum Gasteiger partial charge on any atom is -0.495 e. The number of rotatable bonds is 4. The average molecular weight is 444 g/mol. The zero-order valence-electron chi connectivity index (χ0n) is 14.7. The highest BCUT2D eigenvalue weighted by atomic mass is 35.5. The molecule has 152 valence electrons.